The van der Waals surface area contributed by atoms with Gasteiger partial charge >= 0.3 is 0 Å². The van der Waals surface area contributed by atoms with Gasteiger partial charge in [0, 0.05) is 24.8 Å². The molecule has 1 N–H and O–H groups in total. The minimum absolute atomic E-state index is 0.0982. The van der Waals surface area contributed by atoms with Crippen molar-refractivity contribution in [2.75, 3.05) is 25.4 Å². The Morgan fingerprint density at radius 2 is 1.69 bits per heavy atom. The Labute approximate surface area is 154 Å². The lowest BCUT2D eigenvalue weighted by Crippen LogP contribution is -2.27. The van der Waals surface area contributed by atoms with Gasteiger partial charge in [-0.15, -0.1) is 0 Å². The lowest BCUT2D eigenvalue weighted by Gasteiger charge is -2.17. The van der Waals surface area contributed by atoms with E-state index in [1.807, 2.05) is 0 Å². The Morgan fingerprint density at radius 1 is 1.08 bits per heavy atom. The molecule has 0 radical (unpaired) electrons. The first-order valence-electron chi connectivity index (χ1n) is 8.39. The highest BCUT2D eigenvalue weighted by atomic mass is 32.2. The molecule has 1 amide bonds. The number of nitrogens with one attached hydrogen (secondary N) is 1. The van der Waals surface area contributed by atoms with Crippen LogP contribution in [0.2, 0.25) is 0 Å². The zero-order chi connectivity index (χ0) is 19.2. The summed E-state index contributed by atoms with van der Waals surface area (Å²) in [4.78, 5) is 14.1. The maximum Gasteiger partial charge on any atom is 0.261 e. The third-order valence-electron chi connectivity index (χ3n) is 3.95. The van der Waals surface area contributed by atoms with Crippen LogP contribution in [0.15, 0.2) is 53.4 Å². The van der Waals surface area contributed by atoms with Crippen LogP contribution in [0.5, 0.6) is 5.75 Å². The Kier molecular flexibility index (Phi) is 6.63. The van der Waals surface area contributed by atoms with Gasteiger partial charge in [-0.2, -0.15) is 0 Å². The SMILES string of the molecule is CCCCN(C)C(=O)c1ccc(S(=O)(=O)Nc2ccc(OC)cc2)cc1. The molecule has 7 heteroatoms. The molecule has 0 atom stereocenters. The van der Waals surface area contributed by atoms with Crippen molar-refractivity contribution >= 4 is 21.6 Å². The molecule has 0 fully saturated rings. The van der Waals surface area contributed by atoms with Crippen molar-refractivity contribution in [3.8, 4) is 5.75 Å². The molecule has 0 aliphatic heterocycles. The van der Waals surface area contributed by atoms with Crippen molar-refractivity contribution in [1.82, 2.24) is 4.90 Å². The number of unbranched alkanes of at least 4 members (excludes halogenated alkanes) is 1. The first-order chi connectivity index (χ1) is 12.4. The van der Waals surface area contributed by atoms with Crippen molar-refractivity contribution in [2.24, 2.45) is 0 Å². The number of carbonyl (C=O) groups excluding carboxylic acids is 1. The highest BCUT2D eigenvalue weighted by molar-refractivity contribution is 7.92. The molecule has 2 aromatic carbocycles. The van der Waals surface area contributed by atoms with Crippen LogP contribution in [0.3, 0.4) is 0 Å². The van der Waals surface area contributed by atoms with Gasteiger partial charge in [0.25, 0.3) is 15.9 Å². The number of methoxy groups -OCH3 is 1. The van der Waals surface area contributed by atoms with Gasteiger partial charge in [-0.1, -0.05) is 13.3 Å². The minimum Gasteiger partial charge on any atom is -0.497 e. The second-order valence-corrected chi connectivity index (χ2v) is 7.62. The first-order valence-corrected chi connectivity index (χ1v) is 9.88. The predicted molar refractivity (Wildman–Crippen MR) is 102 cm³/mol. The molecular weight excluding hydrogens is 352 g/mol. The lowest BCUT2D eigenvalue weighted by atomic mass is 10.2. The van der Waals surface area contributed by atoms with Gasteiger partial charge in [0.15, 0.2) is 0 Å². The van der Waals surface area contributed by atoms with Gasteiger partial charge in [-0.3, -0.25) is 9.52 Å². The van der Waals surface area contributed by atoms with Crippen LogP contribution in [-0.4, -0.2) is 39.9 Å². The average Bonchev–Trinajstić information content (AvgIpc) is 2.66. The Bertz CT molecular complexity index is 831. The van der Waals surface area contributed by atoms with Gasteiger partial charge < -0.3 is 9.64 Å². The fourth-order valence-corrected chi connectivity index (χ4v) is 3.43. The Hall–Kier alpha value is -2.54. The molecule has 0 saturated heterocycles. The van der Waals surface area contributed by atoms with Crippen molar-refractivity contribution in [3.05, 3.63) is 54.1 Å². The number of amides is 1. The standard InChI is InChI=1S/C19H24N2O4S/c1-4-5-14-21(2)19(22)15-6-12-18(13-7-15)26(23,24)20-16-8-10-17(25-3)11-9-16/h6-13,20H,4-5,14H2,1-3H3. The van der Waals surface area contributed by atoms with Crippen molar-refractivity contribution in [3.63, 3.8) is 0 Å². The van der Waals surface area contributed by atoms with Crippen LogP contribution in [0, 0.1) is 0 Å². The molecule has 140 valence electrons. The number of ether oxygens (including phenoxy) is 1. The van der Waals surface area contributed by atoms with Crippen LogP contribution < -0.4 is 9.46 Å². The summed E-state index contributed by atoms with van der Waals surface area (Å²) in [5.74, 6) is 0.522. The van der Waals surface area contributed by atoms with E-state index in [2.05, 4.69) is 11.6 Å². The highest BCUT2D eigenvalue weighted by Crippen LogP contribution is 2.20. The predicted octanol–water partition coefficient (Wildman–Crippen LogP) is 3.37. The van der Waals surface area contributed by atoms with E-state index < -0.39 is 10.0 Å². The van der Waals surface area contributed by atoms with Crippen LogP contribution in [0.4, 0.5) is 5.69 Å². The normalized spacial score (nSPS) is 11.0. The molecule has 2 aromatic rings. The summed E-state index contributed by atoms with van der Waals surface area (Å²) in [7, 11) is -0.438. The fourth-order valence-electron chi connectivity index (χ4n) is 2.37. The number of anilines is 1. The van der Waals surface area contributed by atoms with E-state index in [9.17, 15) is 13.2 Å². The zero-order valence-electron chi connectivity index (χ0n) is 15.2. The summed E-state index contributed by atoms with van der Waals surface area (Å²) in [6, 6.07) is 12.5. The first kappa shape index (κ1) is 19.8. The van der Waals surface area contributed by atoms with E-state index in [4.69, 9.17) is 4.74 Å². The third-order valence-corrected chi connectivity index (χ3v) is 5.34. The fraction of sp³-hybridized carbons (Fsp3) is 0.316. The smallest absolute Gasteiger partial charge is 0.261 e. The summed E-state index contributed by atoms with van der Waals surface area (Å²) in [6.45, 7) is 2.74. The van der Waals surface area contributed by atoms with Gasteiger partial charge in [0.1, 0.15) is 5.75 Å². The highest BCUT2D eigenvalue weighted by Gasteiger charge is 2.16. The summed E-state index contributed by atoms with van der Waals surface area (Å²) < 4.78 is 32.5. The molecule has 26 heavy (non-hydrogen) atoms. The molecule has 0 aliphatic rings. The summed E-state index contributed by atoms with van der Waals surface area (Å²) in [6.07, 6.45) is 1.94. The van der Waals surface area contributed by atoms with Crippen LogP contribution in [-0.2, 0) is 10.0 Å². The molecule has 6 nitrogen and oxygen atoms in total. The number of carbonyl (C=O) groups is 1. The van der Waals surface area contributed by atoms with E-state index in [-0.39, 0.29) is 10.8 Å². The molecule has 2 rings (SSSR count). The topological polar surface area (TPSA) is 75.7 Å². The zero-order valence-corrected chi connectivity index (χ0v) is 16.0. The van der Waals surface area contributed by atoms with E-state index in [0.29, 0.717) is 23.5 Å². The number of benzene rings is 2. The Morgan fingerprint density at radius 3 is 2.23 bits per heavy atom. The number of nitrogens with zero attached hydrogens (tertiary/aromatic N) is 1. The number of rotatable bonds is 8. The second-order valence-electron chi connectivity index (χ2n) is 5.94. The average molecular weight is 376 g/mol. The summed E-state index contributed by atoms with van der Waals surface area (Å²) in [5, 5.41) is 0. The molecule has 0 unspecified atom stereocenters. The number of hydrogen-bond donors (Lipinski definition) is 1. The van der Waals surface area contributed by atoms with Crippen LogP contribution in [0.1, 0.15) is 30.1 Å². The monoisotopic (exact) mass is 376 g/mol. The molecular formula is C19H24N2O4S. The number of sulfonamides is 1. The van der Waals surface area contributed by atoms with Gasteiger partial charge in [0.05, 0.1) is 12.0 Å². The van der Waals surface area contributed by atoms with Gasteiger partial charge in [-0.05, 0) is 55.0 Å². The molecule has 0 aliphatic carbocycles. The largest absolute Gasteiger partial charge is 0.497 e. The second kappa shape index (κ2) is 8.71. The number of hydrogen-bond acceptors (Lipinski definition) is 4. The maximum absolute atomic E-state index is 12.5. The van der Waals surface area contributed by atoms with Gasteiger partial charge in [-0.25, -0.2) is 8.42 Å². The van der Waals surface area contributed by atoms with E-state index in [1.165, 1.54) is 24.3 Å². The summed E-state index contributed by atoms with van der Waals surface area (Å²) >= 11 is 0. The summed E-state index contributed by atoms with van der Waals surface area (Å²) in [5.41, 5.74) is 0.900. The molecule has 0 bridgehead atoms. The van der Waals surface area contributed by atoms with E-state index >= 15 is 0 Å². The molecule has 0 heterocycles. The Balaban J connectivity index is 2.11. The van der Waals surface area contributed by atoms with Crippen molar-refractivity contribution in [2.45, 2.75) is 24.7 Å². The minimum atomic E-state index is -3.73. The van der Waals surface area contributed by atoms with Gasteiger partial charge in [0.2, 0.25) is 0 Å². The van der Waals surface area contributed by atoms with Crippen LogP contribution >= 0.6 is 0 Å². The maximum atomic E-state index is 12.5. The van der Waals surface area contributed by atoms with Crippen LogP contribution in [0.25, 0.3) is 0 Å². The molecule has 0 aromatic heterocycles. The lowest BCUT2D eigenvalue weighted by molar-refractivity contribution is 0.0793. The third kappa shape index (κ3) is 4.98. The van der Waals surface area contributed by atoms with E-state index in [0.717, 1.165) is 12.8 Å². The van der Waals surface area contributed by atoms with Crippen molar-refractivity contribution < 1.29 is 17.9 Å². The molecule has 0 spiro atoms. The molecule has 0 saturated carbocycles. The quantitative estimate of drug-likeness (QED) is 0.766. The van der Waals surface area contributed by atoms with Crippen molar-refractivity contribution in [1.29, 1.82) is 0 Å². The van der Waals surface area contributed by atoms with E-state index in [1.54, 1.807) is 43.3 Å².